The topological polar surface area (TPSA) is 41.6 Å². The van der Waals surface area contributed by atoms with E-state index < -0.39 is 24.0 Å². The predicted octanol–water partition coefficient (Wildman–Crippen LogP) is 4.61. The van der Waals surface area contributed by atoms with E-state index in [1.165, 1.54) is 5.69 Å². The molecule has 2 saturated heterocycles. The van der Waals surface area contributed by atoms with Gasteiger partial charge in [-0.05, 0) is 61.1 Å². The number of hydrogen-bond donors (Lipinski definition) is 1. The van der Waals surface area contributed by atoms with E-state index in [9.17, 15) is 18.0 Å². The summed E-state index contributed by atoms with van der Waals surface area (Å²) in [6.07, 6.45) is -0.610. The van der Waals surface area contributed by atoms with Crippen LogP contribution in [0.4, 0.5) is 18.9 Å². The molecule has 2 aromatic carbocycles. The molecule has 0 radical (unpaired) electrons. The van der Waals surface area contributed by atoms with E-state index in [4.69, 9.17) is 4.74 Å². The Morgan fingerprint density at radius 3 is 2.17 bits per heavy atom. The number of rotatable bonds is 5. The normalized spacial score (nSPS) is 24.0. The van der Waals surface area contributed by atoms with Crippen LogP contribution in [0.5, 0.6) is 5.75 Å². The van der Waals surface area contributed by atoms with E-state index in [1.807, 2.05) is 31.2 Å². The Hall–Kier alpha value is -2.70. The molecule has 4 nitrogen and oxygen atoms in total. The lowest BCUT2D eigenvalue weighted by Gasteiger charge is -2.34. The summed E-state index contributed by atoms with van der Waals surface area (Å²) >= 11 is 0. The van der Waals surface area contributed by atoms with Crippen molar-refractivity contribution in [2.75, 3.05) is 24.6 Å². The fourth-order valence-electron chi connectivity index (χ4n) is 4.26. The van der Waals surface area contributed by atoms with Crippen molar-refractivity contribution < 1.29 is 22.7 Å². The Bertz CT molecular complexity index is 878. The van der Waals surface area contributed by atoms with Gasteiger partial charge in [-0.15, -0.1) is 0 Å². The SMILES string of the molecule is CCOc1ccc(N2CCC(c3ccc([C@H]4NC(=O)C(F)(F)C4F)cc3)CC2)cc1. The summed E-state index contributed by atoms with van der Waals surface area (Å²) in [7, 11) is 0. The van der Waals surface area contributed by atoms with Crippen molar-refractivity contribution >= 4 is 11.6 Å². The van der Waals surface area contributed by atoms with E-state index in [-0.39, 0.29) is 0 Å². The molecular formula is C23H25F3N2O2. The largest absolute Gasteiger partial charge is 0.494 e. The van der Waals surface area contributed by atoms with Gasteiger partial charge in [0, 0.05) is 18.8 Å². The number of piperidine rings is 1. The number of hydrogen-bond acceptors (Lipinski definition) is 3. The number of anilines is 1. The van der Waals surface area contributed by atoms with Crippen molar-refractivity contribution in [1.82, 2.24) is 5.32 Å². The van der Waals surface area contributed by atoms with Crippen molar-refractivity contribution in [2.24, 2.45) is 0 Å². The Labute approximate surface area is 174 Å². The molecule has 2 aliphatic heterocycles. The molecule has 0 aliphatic carbocycles. The lowest BCUT2D eigenvalue weighted by atomic mass is 9.88. The molecule has 2 atom stereocenters. The molecule has 30 heavy (non-hydrogen) atoms. The maximum absolute atomic E-state index is 14.0. The zero-order valence-electron chi connectivity index (χ0n) is 16.8. The van der Waals surface area contributed by atoms with Gasteiger partial charge in [-0.3, -0.25) is 4.79 Å². The van der Waals surface area contributed by atoms with Crippen LogP contribution in [-0.4, -0.2) is 37.7 Å². The van der Waals surface area contributed by atoms with Crippen LogP contribution in [-0.2, 0) is 4.79 Å². The van der Waals surface area contributed by atoms with E-state index in [2.05, 4.69) is 22.3 Å². The molecule has 0 spiro atoms. The average Bonchev–Trinajstić information content (AvgIpc) is 2.97. The van der Waals surface area contributed by atoms with Crippen molar-refractivity contribution in [3.05, 3.63) is 59.7 Å². The lowest BCUT2D eigenvalue weighted by Crippen LogP contribution is -2.33. The minimum atomic E-state index is -3.98. The van der Waals surface area contributed by atoms with E-state index >= 15 is 0 Å². The molecule has 1 amide bonds. The molecule has 0 saturated carbocycles. The zero-order valence-corrected chi connectivity index (χ0v) is 16.8. The molecule has 160 valence electrons. The first-order valence-corrected chi connectivity index (χ1v) is 10.3. The van der Waals surface area contributed by atoms with E-state index in [0.717, 1.165) is 37.2 Å². The number of halogens is 3. The number of nitrogens with zero attached hydrogens (tertiary/aromatic N) is 1. The fourth-order valence-corrected chi connectivity index (χ4v) is 4.26. The molecular weight excluding hydrogens is 393 g/mol. The maximum Gasteiger partial charge on any atom is 0.357 e. The predicted molar refractivity (Wildman–Crippen MR) is 109 cm³/mol. The third-order valence-electron chi connectivity index (χ3n) is 6.00. The van der Waals surface area contributed by atoms with Crippen LogP contribution in [0.2, 0.25) is 0 Å². The number of amides is 1. The van der Waals surface area contributed by atoms with Crippen LogP contribution in [0.1, 0.15) is 42.9 Å². The number of nitrogens with one attached hydrogen (secondary N) is 1. The van der Waals surface area contributed by atoms with Gasteiger partial charge in [0.15, 0.2) is 6.17 Å². The second-order valence-corrected chi connectivity index (χ2v) is 7.83. The van der Waals surface area contributed by atoms with Gasteiger partial charge in [0.05, 0.1) is 12.6 Å². The van der Waals surface area contributed by atoms with Crippen molar-refractivity contribution in [2.45, 2.75) is 43.8 Å². The molecule has 1 N–H and O–H groups in total. The van der Waals surface area contributed by atoms with Crippen molar-refractivity contribution in [3.8, 4) is 5.75 Å². The molecule has 4 rings (SSSR count). The van der Waals surface area contributed by atoms with Crippen LogP contribution < -0.4 is 15.0 Å². The van der Waals surface area contributed by atoms with E-state index in [0.29, 0.717) is 18.1 Å². The minimum Gasteiger partial charge on any atom is -0.494 e. The molecule has 1 unspecified atom stereocenters. The molecule has 2 aromatic rings. The van der Waals surface area contributed by atoms with Crippen LogP contribution in [0.15, 0.2) is 48.5 Å². The Balaban J connectivity index is 1.37. The van der Waals surface area contributed by atoms with Gasteiger partial charge >= 0.3 is 5.92 Å². The fraction of sp³-hybridized carbons (Fsp3) is 0.435. The average molecular weight is 418 g/mol. The molecule has 2 fully saturated rings. The first-order valence-electron chi connectivity index (χ1n) is 10.3. The standard InChI is InChI=1S/C23H25F3N2O2/c1-2-30-19-9-7-18(8-10-19)28-13-11-16(12-14-28)15-3-5-17(6-4-15)20-21(24)23(25,26)22(29)27-20/h3-10,16,20-21H,2,11-14H2,1H3,(H,27,29)/t20-,21?/m1/s1. The summed E-state index contributed by atoms with van der Waals surface area (Å²) in [6.45, 7) is 4.43. The summed E-state index contributed by atoms with van der Waals surface area (Å²) in [6, 6.07) is 13.8. The first kappa shape index (κ1) is 20.6. The number of carbonyl (C=O) groups is 1. The maximum atomic E-state index is 14.0. The Morgan fingerprint density at radius 1 is 1.03 bits per heavy atom. The Morgan fingerprint density at radius 2 is 1.63 bits per heavy atom. The second kappa shape index (κ2) is 8.20. The molecule has 0 aromatic heterocycles. The summed E-state index contributed by atoms with van der Waals surface area (Å²) in [5.41, 5.74) is 2.64. The molecule has 7 heteroatoms. The van der Waals surface area contributed by atoms with Crippen molar-refractivity contribution in [1.29, 1.82) is 0 Å². The van der Waals surface area contributed by atoms with Crippen LogP contribution in [0.25, 0.3) is 0 Å². The summed E-state index contributed by atoms with van der Waals surface area (Å²) in [5, 5.41) is 2.07. The van der Waals surface area contributed by atoms with E-state index in [1.54, 1.807) is 12.1 Å². The van der Waals surface area contributed by atoms with Crippen molar-refractivity contribution in [3.63, 3.8) is 0 Å². The van der Waals surface area contributed by atoms with Gasteiger partial charge in [0.1, 0.15) is 5.75 Å². The third kappa shape index (κ3) is 3.85. The number of benzene rings is 2. The summed E-state index contributed by atoms with van der Waals surface area (Å²) in [4.78, 5) is 13.6. The van der Waals surface area contributed by atoms with Gasteiger partial charge in [0.25, 0.3) is 5.91 Å². The summed E-state index contributed by atoms with van der Waals surface area (Å²) in [5.74, 6) is -4.30. The molecule has 2 heterocycles. The number of carbonyl (C=O) groups excluding carboxylic acids is 1. The smallest absolute Gasteiger partial charge is 0.357 e. The quantitative estimate of drug-likeness (QED) is 0.771. The number of alkyl halides is 3. The van der Waals surface area contributed by atoms with Gasteiger partial charge in [-0.2, -0.15) is 8.78 Å². The molecule has 2 aliphatic rings. The number of ether oxygens (including phenoxy) is 1. The second-order valence-electron chi connectivity index (χ2n) is 7.83. The highest BCUT2D eigenvalue weighted by Crippen LogP contribution is 2.39. The van der Waals surface area contributed by atoms with Gasteiger partial charge < -0.3 is 15.0 Å². The van der Waals surface area contributed by atoms with Crippen LogP contribution in [0, 0.1) is 0 Å². The van der Waals surface area contributed by atoms with Gasteiger partial charge in [0.2, 0.25) is 0 Å². The highest BCUT2D eigenvalue weighted by molar-refractivity contribution is 5.87. The lowest BCUT2D eigenvalue weighted by molar-refractivity contribution is -0.145. The van der Waals surface area contributed by atoms with Gasteiger partial charge in [-0.1, -0.05) is 24.3 Å². The highest BCUT2D eigenvalue weighted by Gasteiger charge is 2.58. The summed E-state index contributed by atoms with van der Waals surface area (Å²) < 4.78 is 46.4. The monoisotopic (exact) mass is 418 g/mol. The first-order chi connectivity index (χ1) is 14.4. The van der Waals surface area contributed by atoms with Crippen LogP contribution in [0.3, 0.4) is 0 Å². The highest BCUT2D eigenvalue weighted by atomic mass is 19.3. The minimum absolute atomic E-state index is 0.360. The third-order valence-corrected chi connectivity index (χ3v) is 6.00. The van der Waals surface area contributed by atoms with Crippen LogP contribution >= 0.6 is 0 Å². The Kier molecular flexibility index (Phi) is 5.62. The molecule has 0 bridgehead atoms. The van der Waals surface area contributed by atoms with Gasteiger partial charge in [-0.25, -0.2) is 4.39 Å². The zero-order chi connectivity index (χ0) is 21.3.